The van der Waals surface area contributed by atoms with Gasteiger partial charge in [-0.1, -0.05) is 39.8 Å². The Morgan fingerprint density at radius 1 is 0.675 bits per heavy atom. The maximum Gasteiger partial charge on any atom is 0.524 e. The zero-order chi connectivity index (χ0) is 30.8. The Kier molecular flexibility index (Phi) is 11.0. The number of hydrogen-bond donors (Lipinski definition) is 4. The smallest absolute Gasteiger partial charge is 0.404 e. The van der Waals surface area contributed by atoms with Gasteiger partial charge >= 0.3 is 15.6 Å². The average Bonchev–Trinajstić information content (AvgIpc) is 2.67. The van der Waals surface area contributed by atoms with Crippen molar-refractivity contribution >= 4 is 47.5 Å². The second-order valence-corrected chi connectivity index (χ2v) is 15.7. The predicted molar refractivity (Wildman–Crippen MR) is 158 cm³/mol. The highest BCUT2D eigenvalue weighted by Gasteiger charge is 2.34. The van der Waals surface area contributed by atoms with Crippen molar-refractivity contribution in [2.45, 2.75) is 79.1 Å². The lowest BCUT2D eigenvalue weighted by atomic mass is 9.78. The van der Waals surface area contributed by atoms with Gasteiger partial charge in [-0.05, 0) is 83.7 Å². The third kappa shape index (κ3) is 10.0. The fourth-order valence-corrected chi connectivity index (χ4v) is 7.78. The molecule has 222 valence electrons. The van der Waals surface area contributed by atoms with Gasteiger partial charge in [-0.25, -0.2) is 9.13 Å². The maximum atomic E-state index is 12.9. The molecule has 10 nitrogen and oxygen atoms in total. The molecule has 40 heavy (non-hydrogen) atoms. The molecule has 0 aliphatic heterocycles. The van der Waals surface area contributed by atoms with E-state index in [2.05, 4.69) is 0 Å². The molecule has 0 aliphatic carbocycles. The minimum Gasteiger partial charge on any atom is -0.404 e. The van der Waals surface area contributed by atoms with E-state index in [1.165, 1.54) is 12.1 Å². The van der Waals surface area contributed by atoms with Crippen molar-refractivity contribution in [2.24, 2.45) is 0 Å². The predicted octanol–water partition coefficient (Wildman–Crippen LogP) is 6.33. The number of rotatable bonds is 10. The number of hydrogen-bond acceptors (Lipinski definition) is 8. The Bertz CT molecular complexity index is 1290. The maximum absolute atomic E-state index is 12.9. The standard InChI is InChI=1S/C26H36O10P2S2/c1-15-9-17(3)23(19(11-15)35-37(29,30)31)25(5,6)13-21(27)39-40-22(28)14-26(7,8)24-18(4)10-16(2)12-20(24)36-38(32,33)34/h9-12H,13-14H2,1-8H3,(H2,29,30,31)(H2,32,33,34). The molecule has 0 unspecified atom stereocenters. The Morgan fingerprint density at radius 3 is 1.25 bits per heavy atom. The minimum absolute atomic E-state index is 0.000842. The van der Waals surface area contributed by atoms with Crippen LogP contribution in [0.1, 0.15) is 73.9 Å². The van der Waals surface area contributed by atoms with Crippen LogP contribution in [0.5, 0.6) is 11.5 Å². The largest absolute Gasteiger partial charge is 0.524 e. The molecular weight excluding hydrogens is 598 g/mol. The summed E-state index contributed by atoms with van der Waals surface area (Å²) in [7, 11) is -8.15. The number of phosphoric ester groups is 2. The van der Waals surface area contributed by atoms with E-state index in [1.54, 1.807) is 55.4 Å². The Hall–Kier alpha value is -1.62. The third-order valence-corrected chi connectivity index (χ3v) is 9.05. The van der Waals surface area contributed by atoms with Gasteiger partial charge in [0.2, 0.25) is 10.2 Å². The molecule has 0 fully saturated rings. The topological polar surface area (TPSA) is 168 Å². The number of carbonyl (C=O) groups is 2. The molecule has 0 spiro atoms. The molecule has 0 saturated carbocycles. The Morgan fingerprint density at radius 2 is 0.975 bits per heavy atom. The molecular formula is C26H36O10P2S2. The molecule has 0 aliphatic rings. The van der Waals surface area contributed by atoms with Crippen molar-refractivity contribution in [3.63, 3.8) is 0 Å². The summed E-state index contributed by atoms with van der Waals surface area (Å²) < 4.78 is 33.0. The molecule has 2 aromatic rings. The van der Waals surface area contributed by atoms with Crippen LogP contribution in [-0.2, 0) is 29.5 Å². The van der Waals surface area contributed by atoms with Gasteiger partial charge < -0.3 is 9.05 Å². The second-order valence-electron chi connectivity index (χ2n) is 11.1. The highest BCUT2D eigenvalue weighted by Crippen LogP contribution is 2.48. The monoisotopic (exact) mass is 634 g/mol. The van der Waals surface area contributed by atoms with E-state index in [9.17, 15) is 38.3 Å². The van der Waals surface area contributed by atoms with Crippen molar-refractivity contribution in [3.8, 4) is 11.5 Å². The Balaban J connectivity index is 2.18. The van der Waals surface area contributed by atoms with Crippen molar-refractivity contribution < 1.29 is 47.3 Å². The fourth-order valence-electron chi connectivity index (χ4n) is 5.04. The van der Waals surface area contributed by atoms with Gasteiger partial charge in [-0.2, -0.15) is 0 Å². The van der Waals surface area contributed by atoms with Crippen LogP contribution >= 0.6 is 37.2 Å². The molecule has 0 radical (unpaired) electrons. The normalized spacial score (nSPS) is 12.8. The quantitative estimate of drug-likeness (QED) is 0.170. The SMILES string of the molecule is Cc1cc(C)c(C(C)(C)CC(=O)SSC(=O)CC(C)(C)c2c(C)cc(C)cc2OP(=O)(O)O)c(OP(=O)(O)O)c1. The summed E-state index contributed by atoms with van der Waals surface area (Å²) in [5.41, 5.74) is 2.12. The summed E-state index contributed by atoms with van der Waals surface area (Å²) in [6.07, 6.45) is -0.0831. The second kappa shape index (κ2) is 12.7. The van der Waals surface area contributed by atoms with Crippen LogP contribution < -0.4 is 9.05 Å². The van der Waals surface area contributed by atoms with Gasteiger partial charge in [-0.3, -0.25) is 29.2 Å². The molecule has 2 aromatic carbocycles. The summed E-state index contributed by atoms with van der Waals surface area (Å²) in [5, 5.41) is -0.638. The van der Waals surface area contributed by atoms with E-state index in [-0.39, 0.29) is 34.6 Å². The Labute approximate surface area is 242 Å². The zero-order valence-corrected chi connectivity index (χ0v) is 27.1. The summed E-state index contributed by atoms with van der Waals surface area (Å²) in [6.45, 7) is 14.1. The molecule has 0 atom stereocenters. The first kappa shape index (κ1) is 34.6. The molecule has 14 heteroatoms. The summed E-state index contributed by atoms with van der Waals surface area (Å²) in [5.74, 6) is 0.00168. The fraction of sp³-hybridized carbons (Fsp3) is 0.462. The van der Waals surface area contributed by atoms with Crippen molar-refractivity contribution in [1.29, 1.82) is 0 Å². The van der Waals surface area contributed by atoms with Crippen molar-refractivity contribution in [1.82, 2.24) is 0 Å². The van der Waals surface area contributed by atoms with E-state index in [0.29, 0.717) is 22.3 Å². The average molecular weight is 635 g/mol. The van der Waals surface area contributed by atoms with Gasteiger partial charge in [0.15, 0.2) is 0 Å². The molecule has 2 rings (SSSR count). The number of aryl methyl sites for hydroxylation is 4. The van der Waals surface area contributed by atoms with Gasteiger partial charge in [0, 0.05) is 34.8 Å². The van der Waals surface area contributed by atoms with E-state index in [1.807, 2.05) is 12.1 Å². The van der Waals surface area contributed by atoms with Crippen LogP contribution in [0.3, 0.4) is 0 Å². The van der Waals surface area contributed by atoms with Crippen LogP contribution in [0.4, 0.5) is 0 Å². The van der Waals surface area contributed by atoms with E-state index < -0.39 is 26.5 Å². The molecule has 0 aromatic heterocycles. The van der Waals surface area contributed by atoms with Crippen LogP contribution in [0.25, 0.3) is 0 Å². The van der Waals surface area contributed by atoms with Gasteiger partial charge in [0.05, 0.1) is 0 Å². The molecule has 0 bridgehead atoms. The van der Waals surface area contributed by atoms with E-state index in [4.69, 9.17) is 9.05 Å². The molecule has 0 amide bonds. The number of benzene rings is 2. The summed E-state index contributed by atoms with van der Waals surface area (Å²) in [6, 6.07) is 6.69. The highest BCUT2D eigenvalue weighted by molar-refractivity contribution is 8.87. The first-order chi connectivity index (χ1) is 18.0. The molecule has 0 heterocycles. The zero-order valence-electron chi connectivity index (χ0n) is 23.7. The third-order valence-electron chi connectivity index (χ3n) is 6.08. The van der Waals surface area contributed by atoms with E-state index in [0.717, 1.165) is 32.7 Å². The first-order valence-corrected chi connectivity index (χ1v) is 17.4. The highest BCUT2D eigenvalue weighted by atomic mass is 33.1. The van der Waals surface area contributed by atoms with Gasteiger partial charge in [0.25, 0.3) is 0 Å². The van der Waals surface area contributed by atoms with E-state index >= 15 is 0 Å². The molecule has 0 saturated heterocycles. The first-order valence-electron chi connectivity index (χ1n) is 12.1. The van der Waals surface area contributed by atoms with Crippen LogP contribution in [-0.4, -0.2) is 29.8 Å². The lowest BCUT2D eigenvalue weighted by Crippen LogP contribution is -2.24. The summed E-state index contributed by atoms with van der Waals surface area (Å²) >= 11 is 0. The van der Waals surface area contributed by atoms with Crippen LogP contribution in [0.2, 0.25) is 0 Å². The number of phosphoric acid groups is 2. The minimum atomic E-state index is -4.84. The number of carbonyl (C=O) groups excluding carboxylic acids is 2. The van der Waals surface area contributed by atoms with Crippen molar-refractivity contribution in [2.75, 3.05) is 0 Å². The van der Waals surface area contributed by atoms with Gasteiger partial charge in [-0.15, -0.1) is 0 Å². The lowest BCUT2D eigenvalue weighted by molar-refractivity contribution is -0.113. The van der Waals surface area contributed by atoms with Crippen LogP contribution in [0.15, 0.2) is 24.3 Å². The summed E-state index contributed by atoms with van der Waals surface area (Å²) in [4.78, 5) is 63.4. The van der Waals surface area contributed by atoms with Crippen LogP contribution in [0, 0.1) is 27.7 Å². The van der Waals surface area contributed by atoms with Crippen molar-refractivity contribution in [3.05, 3.63) is 57.6 Å². The lowest BCUT2D eigenvalue weighted by Gasteiger charge is -2.29. The van der Waals surface area contributed by atoms with Gasteiger partial charge in [0.1, 0.15) is 11.5 Å². The molecule has 4 N–H and O–H groups in total.